The van der Waals surface area contributed by atoms with Crippen LogP contribution in [0.15, 0.2) is 24.3 Å². The number of hydrogen-bond acceptors (Lipinski definition) is 2. The lowest BCUT2D eigenvalue weighted by atomic mass is 10.1. The van der Waals surface area contributed by atoms with Crippen molar-refractivity contribution in [3.63, 3.8) is 0 Å². The van der Waals surface area contributed by atoms with Crippen LogP contribution in [0.25, 0.3) is 4.85 Å². The van der Waals surface area contributed by atoms with Gasteiger partial charge in [0.1, 0.15) is 0 Å². The Kier molecular flexibility index (Phi) is 4.35. The van der Waals surface area contributed by atoms with Crippen molar-refractivity contribution >= 4 is 23.1 Å². The van der Waals surface area contributed by atoms with E-state index < -0.39 is 0 Å². The highest BCUT2D eigenvalue weighted by atomic mass is 35.5. The van der Waals surface area contributed by atoms with Gasteiger partial charge in [0.05, 0.1) is 18.5 Å². The molecule has 0 spiro atoms. The molecule has 4 heteroatoms. The minimum absolute atomic E-state index is 0.0425. The van der Waals surface area contributed by atoms with Gasteiger partial charge in [0.15, 0.2) is 11.5 Å². The van der Waals surface area contributed by atoms with Crippen LogP contribution in [0.4, 0.5) is 5.69 Å². The zero-order chi connectivity index (χ0) is 13.0. The molecule has 1 saturated heterocycles. The van der Waals surface area contributed by atoms with E-state index in [1.807, 2.05) is 18.2 Å². The molecule has 0 aliphatic carbocycles. The summed E-state index contributed by atoms with van der Waals surface area (Å²) in [6, 6.07) is 7.51. The van der Waals surface area contributed by atoms with Gasteiger partial charge in [-0.25, -0.2) is 4.85 Å². The van der Waals surface area contributed by atoms with Gasteiger partial charge >= 0.3 is 0 Å². The fourth-order valence-corrected chi connectivity index (χ4v) is 2.61. The molecule has 1 aromatic carbocycles. The van der Waals surface area contributed by atoms with Crippen molar-refractivity contribution in [2.75, 3.05) is 12.4 Å². The molecule has 1 heterocycles. The number of halogens is 1. The molecular weight excluding hydrogens is 248 g/mol. The van der Waals surface area contributed by atoms with Crippen LogP contribution in [-0.2, 0) is 11.3 Å². The number of Topliss-reactive ketones (excluding diaryl/α,β-unsaturated/α-hetero) is 1. The van der Waals surface area contributed by atoms with Gasteiger partial charge in [0.2, 0.25) is 0 Å². The molecule has 0 saturated carbocycles. The number of benzene rings is 1. The van der Waals surface area contributed by atoms with Crippen molar-refractivity contribution in [3.8, 4) is 0 Å². The Bertz CT molecular complexity index is 481. The van der Waals surface area contributed by atoms with E-state index >= 15 is 0 Å². The van der Waals surface area contributed by atoms with Crippen LogP contribution < -0.4 is 0 Å². The predicted molar refractivity (Wildman–Crippen MR) is 71.9 cm³/mol. The number of rotatable bonds is 4. The fraction of sp³-hybridized carbons (Fsp3) is 0.429. The first-order chi connectivity index (χ1) is 8.74. The molecule has 0 N–H and O–H groups in total. The van der Waals surface area contributed by atoms with Crippen LogP contribution in [-0.4, -0.2) is 29.1 Å². The summed E-state index contributed by atoms with van der Waals surface area (Å²) < 4.78 is 0. The van der Waals surface area contributed by atoms with Crippen LogP contribution in [0.3, 0.4) is 0 Å². The molecular formula is C14H15ClN2O. The second-order valence-electron chi connectivity index (χ2n) is 4.51. The van der Waals surface area contributed by atoms with Crippen molar-refractivity contribution in [1.82, 2.24) is 4.90 Å². The third kappa shape index (κ3) is 2.90. The van der Waals surface area contributed by atoms with Gasteiger partial charge in [0, 0.05) is 6.54 Å². The minimum Gasteiger partial charge on any atom is -0.297 e. The van der Waals surface area contributed by atoms with Gasteiger partial charge in [-0.3, -0.25) is 9.69 Å². The van der Waals surface area contributed by atoms with Crippen molar-refractivity contribution in [2.45, 2.75) is 25.4 Å². The number of likely N-dealkylation sites (tertiary alicyclic amines) is 1. The highest BCUT2D eigenvalue weighted by Crippen LogP contribution is 2.23. The standard InChI is InChI=1S/C14H15ClN2O/c1-16-12-5-2-4-11(8-12)10-17-7-3-6-13(17)14(18)9-15/h2,4-5,8,13H,3,6-7,9-10H2/t13-/m1/s1. The molecule has 0 radical (unpaired) electrons. The van der Waals surface area contributed by atoms with Crippen LogP contribution in [0.2, 0.25) is 0 Å². The zero-order valence-electron chi connectivity index (χ0n) is 10.1. The molecule has 18 heavy (non-hydrogen) atoms. The smallest absolute Gasteiger partial charge is 0.187 e. The summed E-state index contributed by atoms with van der Waals surface area (Å²) in [6.07, 6.45) is 1.93. The number of alkyl halides is 1. The normalized spacial score (nSPS) is 19.7. The van der Waals surface area contributed by atoms with Crippen LogP contribution >= 0.6 is 11.6 Å². The first-order valence-corrected chi connectivity index (χ1v) is 6.57. The first-order valence-electron chi connectivity index (χ1n) is 6.03. The molecule has 0 amide bonds. The molecule has 1 atom stereocenters. The van der Waals surface area contributed by atoms with Crippen molar-refractivity contribution in [1.29, 1.82) is 0 Å². The predicted octanol–water partition coefficient (Wildman–Crippen LogP) is 3.01. The number of carbonyl (C=O) groups excluding carboxylic acids is 1. The lowest BCUT2D eigenvalue weighted by molar-refractivity contribution is -0.121. The Hall–Kier alpha value is -1.37. The van der Waals surface area contributed by atoms with Crippen LogP contribution in [0, 0.1) is 6.57 Å². The Balaban J connectivity index is 2.08. The first kappa shape index (κ1) is 13.1. The monoisotopic (exact) mass is 262 g/mol. The largest absolute Gasteiger partial charge is 0.297 e. The number of hydrogen-bond donors (Lipinski definition) is 0. The van der Waals surface area contributed by atoms with E-state index in [9.17, 15) is 4.79 Å². The van der Waals surface area contributed by atoms with Crippen LogP contribution in [0.5, 0.6) is 0 Å². The molecule has 3 nitrogen and oxygen atoms in total. The highest BCUT2D eigenvalue weighted by Gasteiger charge is 2.29. The molecule has 1 fully saturated rings. The molecule has 1 aliphatic heterocycles. The molecule has 1 aromatic rings. The molecule has 94 valence electrons. The second kappa shape index (κ2) is 5.99. The number of ketones is 1. The Morgan fingerprint density at radius 1 is 1.56 bits per heavy atom. The average molecular weight is 263 g/mol. The average Bonchev–Trinajstić information content (AvgIpc) is 2.86. The minimum atomic E-state index is -0.0425. The lowest BCUT2D eigenvalue weighted by Crippen LogP contribution is -2.36. The summed E-state index contributed by atoms with van der Waals surface area (Å²) in [5, 5.41) is 0. The summed E-state index contributed by atoms with van der Waals surface area (Å²) >= 11 is 5.63. The maximum atomic E-state index is 11.7. The molecule has 1 aliphatic rings. The molecule has 2 rings (SSSR count). The maximum absolute atomic E-state index is 11.7. The Labute approximate surface area is 112 Å². The van der Waals surface area contributed by atoms with Crippen molar-refractivity contribution in [2.24, 2.45) is 0 Å². The number of nitrogens with zero attached hydrogens (tertiary/aromatic N) is 2. The summed E-state index contributed by atoms with van der Waals surface area (Å²) in [7, 11) is 0. The van der Waals surface area contributed by atoms with Gasteiger partial charge in [-0.2, -0.15) is 0 Å². The van der Waals surface area contributed by atoms with Gasteiger partial charge in [-0.05, 0) is 24.9 Å². The van der Waals surface area contributed by atoms with E-state index in [4.69, 9.17) is 18.2 Å². The van der Waals surface area contributed by atoms with Gasteiger partial charge in [-0.1, -0.05) is 24.3 Å². The van der Waals surface area contributed by atoms with E-state index in [0.717, 1.165) is 31.5 Å². The third-order valence-electron chi connectivity index (χ3n) is 3.29. The van der Waals surface area contributed by atoms with Gasteiger partial charge in [-0.15, -0.1) is 11.6 Å². The molecule has 0 bridgehead atoms. The lowest BCUT2D eigenvalue weighted by Gasteiger charge is -2.22. The van der Waals surface area contributed by atoms with E-state index in [0.29, 0.717) is 5.69 Å². The quantitative estimate of drug-likeness (QED) is 0.615. The topological polar surface area (TPSA) is 24.7 Å². The maximum Gasteiger partial charge on any atom is 0.187 e. The third-order valence-corrected chi connectivity index (χ3v) is 3.56. The van der Waals surface area contributed by atoms with Crippen LogP contribution in [0.1, 0.15) is 18.4 Å². The molecule has 0 unspecified atom stereocenters. The van der Waals surface area contributed by atoms with E-state index in [1.54, 1.807) is 6.07 Å². The van der Waals surface area contributed by atoms with E-state index in [-0.39, 0.29) is 17.7 Å². The van der Waals surface area contributed by atoms with Gasteiger partial charge < -0.3 is 0 Å². The summed E-state index contributed by atoms with van der Waals surface area (Å²) in [6.45, 7) is 8.65. The SMILES string of the molecule is [C-]#[N+]c1cccc(CN2CCC[C@@H]2C(=O)CCl)c1. The summed E-state index contributed by atoms with van der Waals surface area (Å²) in [5.41, 5.74) is 1.73. The Morgan fingerprint density at radius 2 is 2.39 bits per heavy atom. The zero-order valence-corrected chi connectivity index (χ0v) is 10.9. The number of carbonyl (C=O) groups is 1. The molecule has 0 aromatic heterocycles. The highest BCUT2D eigenvalue weighted by molar-refractivity contribution is 6.28. The van der Waals surface area contributed by atoms with Crippen molar-refractivity contribution < 1.29 is 4.79 Å². The van der Waals surface area contributed by atoms with E-state index in [1.165, 1.54) is 0 Å². The fourth-order valence-electron chi connectivity index (χ4n) is 2.43. The Morgan fingerprint density at radius 3 is 3.11 bits per heavy atom. The summed E-state index contributed by atoms with van der Waals surface area (Å²) in [4.78, 5) is 17.3. The van der Waals surface area contributed by atoms with E-state index in [2.05, 4.69) is 9.74 Å². The van der Waals surface area contributed by atoms with Gasteiger partial charge in [0.25, 0.3) is 0 Å². The second-order valence-corrected chi connectivity index (χ2v) is 4.78. The van der Waals surface area contributed by atoms with Crippen molar-refractivity contribution in [3.05, 3.63) is 41.2 Å². The summed E-state index contributed by atoms with van der Waals surface area (Å²) in [5.74, 6) is 0.194.